The third kappa shape index (κ3) is 3.62. The quantitative estimate of drug-likeness (QED) is 0.767. The topological polar surface area (TPSA) is 105 Å². The van der Waals surface area contributed by atoms with E-state index in [0.717, 1.165) is 25.7 Å². The second kappa shape index (κ2) is 7.37. The molecule has 0 N–H and O–H groups in total. The SMILES string of the molecule is O=S(=O)(N1CCCC1)N1CCC[C@@H](Cc2nc(-c3cnccn3)no2)C1. The lowest BCUT2D eigenvalue weighted by molar-refractivity contribution is 0.236. The fourth-order valence-electron chi connectivity index (χ4n) is 3.59. The van der Waals surface area contributed by atoms with Crippen molar-refractivity contribution in [2.75, 3.05) is 26.2 Å². The summed E-state index contributed by atoms with van der Waals surface area (Å²) >= 11 is 0. The van der Waals surface area contributed by atoms with Crippen LogP contribution in [0, 0.1) is 5.92 Å². The standard InChI is InChI=1S/C16H22N6O3S/c23-26(24,21-7-1-2-8-21)22-9-3-4-13(12-22)10-15-19-16(20-25-15)14-11-17-5-6-18-14/h5-6,11,13H,1-4,7-10,12H2/t13-/m0/s1. The van der Waals surface area contributed by atoms with Crippen molar-refractivity contribution in [3.05, 3.63) is 24.5 Å². The van der Waals surface area contributed by atoms with Gasteiger partial charge in [0.25, 0.3) is 10.2 Å². The van der Waals surface area contributed by atoms with Crippen LogP contribution in [0.3, 0.4) is 0 Å². The number of nitrogens with zero attached hydrogens (tertiary/aromatic N) is 6. The van der Waals surface area contributed by atoms with Crippen LogP contribution in [0.15, 0.2) is 23.1 Å². The van der Waals surface area contributed by atoms with E-state index in [-0.39, 0.29) is 5.92 Å². The summed E-state index contributed by atoms with van der Waals surface area (Å²) in [5.41, 5.74) is 0.560. The normalized spacial score (nSPS) is 22.7. The zero-order chi connectivity index (χ0) is 18.0. The first-order valence-electron chi connectivity index (χ1n) is 8.97. The molecule has 0 saturated carbocycles. The van der Waals surface area contributed by atoms with Crippen LogP contribution in [0.5, 0.6) is 0 Å². The first-order chi connectivity index (χ1) is 12.6. The Kier molecular flexibility index (Phi) is 4.96. The highest BCUT2D eigenvalue weighted by atomic mass is 32.2. The van der Waals surface area contributed by atoms with Crippen molar-refractivity contribution in [3.8, 4) is 11.5 Å². The van der Waals surface area contributed by atoms with E-state index in [2.05, 4.69) is 20.1 Å². The summed E-state index contributed by atoms with van der Waals surface area (Å²) in [7, 11) is -3.34. The lowest BCUT2D eigenvalue weighted by Gasteiger charge is -2.33. The molecule has 140 valence electrons. The van der Waals surface area contributed by atoms with Gasteiger partial charge in [0.1, 0.15) is 5.69 Å². The van der Waals surface area contributed by atoms with Crippen LogP contribution >= 0.6 is 0 Å². The van der Waals surface area contributed by atoms with Gasteiger partial charge in [0.15, 0.2) is 0 Å². The molecule has 4 heterocycles. The Labute approximate surface area is 152 Å². The van der Waals surface area contributed by atoms with Crippen molar-refractivity contribution in [2.24, 2.45) is 5.92 Å². The van der Waals surface area contributed by atoms with Crippen molar-refractivity contribution in [2.45, 2.75) is 32.1 Å². The second-order valence-corrected chi connectivity index (χ2v) is 8.72. The van der Waals surface area contributed by atoms with Gasteiger partial charge in [0.05, 0.1) is 6.20 Å². The summed E-state index contributed by atoms with van der Waals surface area (Å²) in [5.74, 6) is 1.10. The molecule has 2 aliphatic rings. The molecule has 10 heteroatoms. The molecule has 2 aliphatic heterocycles. The van der Waals surface area contributed by atoms with Gasteiger partial charge >= 0.3 is 0 Å². The Morgan fingerprint density at radius 2 is 1.92 bits per heavy atom. The molecular weight excluding hydrogens is 356 g/mol. The molecule has 0 amide bonds. The van der Waals surface area contributed by atoms with Crippen LogP contribution < -0.4 is 0 Å². The molecule has 0 unspecified atom stereocenters. The number of rotatable bonds is 5. The summed E-state index contributed by atoms with van der Waals surface area (Å²) in [6.45, 7) is 2.36. The van der Waals surface area contributed by atoms with Crippen molar-refractivity contribution >= 4 is 10.2 Å². The van der Waals surface area contributed by atoms with Gasteiger partial charge in [-0.25, -0.2) is 4.98 Å². The Morgan fingerprint density at radius 1 is 1.12 bits per heavy atom. The highest BCUT2D eigenvalue weighted by Crippen LogP contribution is 2.26. The zero-order valence-electron chi connectivity index (χ0n) is 14.5. The summed E-state index contributed by atoms with van der Waals surface area (Å²) in [6.07, 6.45) is 9.01. The average Bonchev–Trinajstić information content (AvgIpc) is 3.35. The summed E-state index contributed by atoms with van der Waals surface area (Å²) in [6, 6.07) is 0. The molecule has 0 radical (unpaired) electrons. The molecular formula is C16H22N6O3S. The van der Waals surface area contributed by atoms with E-state index in [1.165, 1.54) is 0 Å². The van der Waals surface area contributed by atoms with Crippen LogP contribution in [0.2, 0.25) is 0 Å². The molecule has 0 aromatic carbocycles. The van der Waals surface area contributed by atoms with Gasteiger partial charge in [-0.15, -0.1) is 0 Å². The fraction of sp³-hybridized carbons (Fsp3) is 0.625. The molecule has 2 saturated heterocycles. The molecule has 0 bridgehead atoms. The number of aromatic nitrogens is 4. The van der Waals surface area contributed by atoms with Crippen molar-refractivity contribution < 1.29 is 12.9 Å². The molecule has 0 spiro atoms. The predicted octanol–water partition coefficient (Wildman–Crippen LogP) is 1.12. The summed E-state index contributed by atoms with van der Waals surface area (Å²) < 4.78 is 34.1. The van der Waals surface area contributed by atoms with Gasteiger partial charge in [-0.05, 0) is 31.6 Å². The Bertz CT molecular complexity index is 835. The van der Waals surface area contributed by atoms with E-state index < -0.39 is 10.2 Å². The zero-order valence-corrected chi connectivity index (χ0v) is 15.3. The van der Waals surface area contributed by atoms with Gasteiger partial charge in [-0.2, -0.15) is 22.0 Å². The van der Waals surface area contributed by atoms with E-state index in [9.17, 15) is 8.42 Å². The lowest BCUT2D eigenvalue weighted by atomic mass is 9.96. The smallest absolute Gasteiger partial charge is 0.281 e. The summed E-state index contributed by atoms with van der Waals surface area (Å²) in [4.78, 5) is 12.5. The lowest BCUT2D eigenvalue weighted by Crippen LogP contribution is -2.47. The van der Waals surface area contributed by atoms with E-state index in [4.69, 9.17) is 4.52 Å². The maximum atomic E-state index is 12.8. The Hall–Kier alpha value is -1.91. The molecule has 0 aliphatic carbocycles. The second-order valence-electron chi connectivity index (χ2n) is 6.79. The molecule has 2 fully saturated rings. The van der Waals surface area contributed by atoms with Gasteiger partial charge in [0.2, 0.25) is 11.7 Å². The van der Waals surface area contributed by atoms with Gasteiger partial charge < -0.3 is 4.52 Å². The molecule has 1 atom stereocenters. The van der Waals surface area contributed by atoms with Crippen molar-refractivity contribution in [3.63, 3.8) is 0 Å². The van der Waals surface area contributed by atoms with Crippen LogP contribution in [0.25, 0.3) is 11.5 Å². The molecule has 2 aromatic rings. The van der Waals surface area contributed by atoms with E-state index in [1.807, 2.05) is 0 Å². The first kappa shape index (κ1) is 17.5. The minimum Gasteiger partial charge on any atom is -0.339 e. The van der Waals surface area contributed by atoms with E-state index >= 15 is 0 Å². The minimum absolute atomic E-state index is 0.177. The number of hydrogen-bond acceptors (Lipinski definition) is 7. The molecule has 4 rings (SSSR count). The average molecular weight is 378 g/mol. The highest BCUT2D eigenvalue weighted by Gasteiger charge is 2.35. The monoisotopic (exact) mass is 378 g/mol. The predicted molar refractivity (Wildman–Crippen MR) is 93.1 cm³/mol. The van der Waals surface area contributed by atoms with Crippen LogP contribution in [-0.4, -0.2) is 63.3 Å². The number of hydrogen-bond donors (Lipinski definition) is 0. The minimum atomic E-state index is -3.34. The van der Waals surface area contributed by atoms with E-state index in [0.29, 0.717) is 50.0 Å². The highest BCUT2D eigenvalue weighted by molar-refractivity contribution is 7.86. The maximum Gasteiger partial charge on any atom is 0.281 e. The van der Waals surface area contributed by atoms with Crippen molar-refractivity contribution in [1.82, 2.24) is 28.7 Å². The molecule has 2 aromatic heterocycles. The summed E-state index contributed by atoms with van der Waals surface area (Å²) in [5, 5.41) is 3.95. The number of piperidine rings is 1. The maximum absolute atomic E-state index is 12.8. The van der Waals surface area contributed by atoms with E-state index in [1.54, 1.807) is 27.2 Å². The Balaban J connectivity index is 1.42. The van der Waals surface area contributed by atoms with Gasteiger partial charge in [-0.1, -0.05) is 5.16 Å². The first-order valence-corrected chi connectivity index (χ1v) is 10.4. The largest absolute Gasteiger partial charge is 0.339 e. The molecule has 9 nitrogen and oxygen atoms in total. The Morgan fingerprint density at radius 3 is 2.69 bits per heavy atom. The third-order valence-electron chi connectivity index (χ3n) is 4.92. The van der Waals surface area contributed by atoms with Crippen LogP contribution in [-0.2, 0) is 16.6 Å². The van der Waals surface area contributed by atoms with Gasteiger partial charge in [0, 0.05) is 45.0 Å². The van der Waals surface area contributed by atoms with Crippen LogP contribution in [0.1, 0.15) is 31.6 Å². The third-order valence-corrected chi connectivity index (χ3v) is 6.92. The molecule has 26 heavy (non-hydrogen) atoms. The fourth-order valence-corrected chi connectivity index (χ4v) is 5.39. The van der Waals surface area contributed by atoms with Crippen molar-refractivity contribution in [1.29, 1.82) is 0 Å². The van der Waals surface area contributed by atoms with Gasteiger partial charge in [-0.3, -0.25) is 4.98 Å². The van der Waals surface area contributed by atoms with Crippen LogP contribution in [0.4, 0.5) is 0 Å².